The lowest BCUT2D eigenvalue weighted by Gasteiger charge is -2.22. The number of hydrogen-bond acceptors (Lipinski definition) is 11. The standard InChI is InChI=1S/C30H47NO10/c1-9-12-19(4)38-28(34)40-24-15-14-22(17-25(24)41-29(35)39-20(5)13-10-2)16-23(31)26(32)37-21(6)18-36-27(33)30(7,8)11-3/h14-15,17,19-21,23H,9-13,16,18,31H2,1-8H3/t19?,20?,21-,23-/m0/s1. The van der Waals surface area contributed by atoms with E-state index >= 15 is 0 Å². The molecule has 0 spiro atoms. The van der Waals surface area contributed by atoms with E-state index in [9.17, 15) is 19.2 Å². The molecule has 0 radical (unpaired) electrons. The van der Waals surface area contributed by atoms with Crippen molar-refractivity contribution in [2.75, 3.05) is 6.61 Å². The van der Waals surface area contributed by atoms with E-state index in [-0.39, 0.29) is 42.7 Å². The zero-order valence-corrected chi connectivity index (χ0v) is 25.7. The van der Waals surface area contributed by atoms with Gasteiger partial charge in [0.25, 0.3) is 0 Å². The van der Waals surface area contributed by atoms with Crippen molar-refractivity contribution in [2.45, 2.75) is 118 Å². The molecule has 11 heteroatoms. The van der Waals surface area contributed by atoms with Gasteiger partial charge in [-0.1, -0.05) is 39.7 Å². The van der Waals surface area contributed by atoms with Crippen LogP contribution in [0.3, 0.4) is 0 Å². The molecule has 41 heavy (non-hydrogen) atoms. The monoisotopic (exact) mass is 581 g/mol. The Morgan fingerprint density at radius 3 is 1.85 bits per heavy atom. The lowest BCUT2D eigenvalue weighted by Crippen LogP contribution is -2.38. The van der Waals surface area contributed by atoms with Crippen LogP contribution in [-0.2, 0) is 35.0 Å². The summed E-state index contributed by atoms with van der Waals surface area (Å²) in [4.78, 5) is 49.4. The van der Waals surface area contributed by atoms with E-state index < -0.39 is 35.8 Å². The minimum atomic E-state index is -1.07. The number of carbonyl (C=O) groups excluding carboxylic acids is 4. The first-order valence-electron chi connectivity index (χ1n) is 14.2. The number of esters is 2. The highest BCUT2D eigenvalue weighted by molar-refractivity contribution is 5.77. The van der Waals surface area contributed by atoms with Crippen LogP contribution in [0.1, 0.15) is 93.1 Å². The topological polar surface area (TPSA) is 150 Å². The van der Waals surface area contributed by atoms with Gasteiger partial charge in [0, 0.05) is 0 Å². The van der Waals surface area contributed by atoms with Crippen LogP contribution in [0.4, 0.5) is 9.59 Å². The average molecular weight is 582 g/mol. The molecule has 0 bridgehead atoms. The normalized spacial score (nSPS) is 14.2. The average Bonchev–Trinajstić information content (AvgIpc) is 2.88. The number of hydrogen-bond donors (Lipinski definition) is 1. The van der Waals surface area contributed by atoms with Crippen molar-refractivity contribution in [3.05, 3.63) is 23.8 Å². The van der Waals surface area contributed by atoms with Gasteiger partial charge in [-0.15, -0.1) is 0 Å². The third-order valence-electron chi connectivity index (χ3n) is 6.34. The van der Waals surface area contributed by atoms with E-state index in [4.69, 9.17) is 34.2 Å². The van der Waals surface area contributed by atoms with Crippen LogP contribution in [-0.4, -0.2) is 55.2 Å². The highest BCUT2D eigenvalue weighted by atomic mass is 16.7. The smallest absolute Gasteiger partial charge is 0.461 e. The number of benzene rings is 1. The van der Waals surface area contributed by atoms with Crippen molar-refractivity contribution >= 4 is 24.2 Å². The largest absolute Gasteiger partial charge is 0.514 e. The Bertz CT molecular complexity index is 1010. The fraction of sp³-hybridized carbons (Fsp3) is 0.667. The first kappa shape index (κ1) is 35.7. The van der Waals surface area contributed by atoms with Crippen LogP contribution in [0.5, 0.6) is 11.5 Å². The number of carbonyl (C=O) groups is 4. The van der Waals surface area contributed by atoms with E-state index in [0.717, 1.165) is 12.8 Å². The molecule has 2 N–H and O–H groups in total. The molecular formula is C30H47NO10. The van der Waals surface area contributed by atoms with Crippen LogP contribution in [0.15, 0.2) is 18.2 Å². The Hall–Kier alpha value is -3.34. The molecule has 0 aliphatic rings. The van der Waals surface area contributed by atoms with Crippen molar-refractivity contribution in [2.24, 2.45) is 11.1 Å². The third-order valence-corrected chi connectivity index (χ3v) is 6.34. The summed E-state index contributed by atoms with van der Waals surface area (Å²) in [6.45, 7) is 14.3. The molecule has 0 amide bonds. The van der Waals surface area contributed by atoms with E-state index in [1.807, 2.05) is 20.8 Å². The van der Waals surface area contributed by atoms with Crippen molar-refractivity contribution in [3.8, 4) is 11.5 Å². The minimum Gasteiger partial charge on any atom is -0.461 e. The molecule has 0 aliphatic carbocycles. The molecule has 0 saturated heterocycles. The quantitative estimate of drug-likeness (QED) is 0.142. The molecule has 11 nitrogen and oxygen atoms in total. The van der Waals surface area contributed by atoms with Crippen LogP contribution in [0, 0.1) is 5.41 Å². The predicted octanol–water partition coefficient (Wildman–Crippen LogP) is 5.88. The Kier molecular flexibility index (Phi) is 15.2. The maximum Gasteiger partial charge on any atom is 0.514 e. The molecule has 232 valence electrons. The van der Waals surface area contributed by atoms with Gasteiger partial charge in [-0.05, 0) is 78.0 Å². The molecule has 4 atom stereocenters. The van der Waals surface area contributed by atoms with Crippen LogP contribution in [0.25, 0.3) is 0 Å². The summed E-state index contributed by atoms with van der Waals surface area (Å²) in [5, 5.41) is 0. The lowest BCUT2D eigenvalue weighted by atomic mass is 9.91. The van der Waals surface area contributed by atoms with Gasteiger partial charge in [-0.25, -0.2) is 9.59 Å². The minimum absolute atomic E-state index is 0.0180. The van der Waals surface area contributed by atoms with Gasteiger partial charge in [-0.3, -0.25) is 9.59 Å². The van der Waals surface area contributed by atoms with Crippen molar-refractivity contribution in [1.29, 1.82) is 0 Å². The van der Waals surface area contributed by atoms with Gasteiger partial charge in [0.2, 0.25) is 0 Å². The number of rotatable bonds is 16. The zero-order chi connectivity index (χ0) is 31.2. The van der Waals surface area contributed by atoms with E-state index in [0.29, 0.717) is 24.8 Å². The van der Waals surface area contributed by atoms with Gasteiger partial charge >= 0.3 is 24.2 Å². The Morgan fingerprint density at radius 2 is 1.34 bits per heavy atom. The lowest BCUT2D eigenvalue weighted by molar-refractivity contribution is -0.164. The molecular weight excluding hydrogens is 534 g/mol. The summed E-state index contributed by atoms with van der Waals surface area (Å²) < 4.78 is 31.7. The maximum atomic E-state index is 12.6. The van der Waals surface area contributed by atoms with Gasteiger partial charge in [0.05, 0.1) is 5.41 Å². The van der Waals surface area contributed by atoms with E-state index in [2.05, 4.69) is 0 Å². The third kappa shape index (κ3) is 13.2. The summed E-state index contributed by atoms with van der Waals surface area (Å²) >= 11 is 0. The maximum absolute atomic E-state index is 12.6. The highest BCUT2D eigenvalue weighted by Gasteiger charge is 2.28. The van der Waals surface area contributed by atoms with Crippen LogP contribution in [0.2, 0.25) is 0 Å². The Morgan fingerprint density at radius 1 is 0.805 bits per heavy atom. The number of nitrogens with two attached hydrogens (primary N) is 1. The summed E-state index contributed by atoms with van der Waals surface area (Å²) in [7, 11) is 0. The fourth-order valence-electron chi connectivity index (χ4n) is 3.52. The molecule has 0 heterocycles. The van der Waals surface area contributed by atoms with Crippen molar-refractivity contribution in [3.63, 3.8) is 0 Å². The number of ether oxygens (including phenoxy) is 6. The second-order valence-corrected chi connectivity index (χ2v) is 10.8. The van der Waals surface area contributed by atoms with Crippen molar-refractivity contribution < 1.29 is 47.6 Å². The van der Waals surface area contributed by atoms with Gasteiger partial charge < -0.3 is 34.2 Å². The molecule has 1 rings (SSSR count). The summed E-state index contributed by atoms with van der Waals surface area (Å²) in [5.41, 5.74) is 5.94. The second kappa shape index (κ2) is 17.5. The Balaban J connectivity index is 2.94. The Labute approximate surface area is 243 Å². The predicted molar refractivity (Wildman–Crippen MR) is 152 cm³/mol. The second-order valence-electron chi connectivity index (χ2n) is 10.8. The van der Waals surface area contributed by atoms with E-state index in [1.165, 1.54) is 12.1 Å². The van der Waals surface area contributed by atoms with Crippen LogP contribution >= 0.6 is 0 Å². The first-order chi connectivity index (χ1) is 19.2. The molecule has 0 fully saturated rings. The molecule has 1 aromatic carbocycles. The molecule has 2 unspecified atom stereocenters. The van der Waals surface area contributed by atoms with Gasteiger partial charge in [0.15, 0.2) is 11.5 Å². The molecule has 0 aliphatic heterocycles. The SMILES string of the molecule is CCCC(C)OC(=O)Oc1ccc(C[C@H](N)C(=O)O[C@@H](C)COC(=O)C(C)(C)CC)cc1OC(=O)OC(C)CCC. The molecule has 0 saturated carbocycles. The first-order valence-corrected chi connectivity index (χ1v) is 14.2. The summed E-state index contributed by atoms with van der Waals surface area (Å²) in [6.07, 6.45) is 0.193. The van der Waals surface area contributed by atoms with E-state index in [1.54, 1.807) is 40.7 Å². The highest BCUT2D eigenvalue weighted by Crippen LogP contribution is 2.30. The van der Waals surface area contributed by atoms with Gasteiger partial charge in [0.1, 0.15) is 31.0 Å². The summed E-state index contributed by atoms with van der Waals surface area (Å²) in [5.74, 6) is -1.25. The van der Waals surface area contributed by atoms with Crippen molar-refractivity contribution in [1.82, 2.24) is 0 Å². The summed E-state index contributed by atoms with van der Waals surface area (Å²) in [6, 6.07) is 3.33. The van der Waals surface area contributed by atoms with Crippen LogP contribution < -0.4 is 15.2 Å². The zero-order valence-electron chi connectivity index (χ0n) is 25.7. The molecule has 0 aromatic heterocycles. The fourth-order valence-corrected chi connectivity index (χ4v) is 3.52. The molecule has 1 aromatic rings. The van der Waals surface area contributed by atoms with Gasteiger partial charge in [-0.2, -0.15) is 0 Å².